The molecule has 30 heavy (non-hydrogen) atoms. The van der Waals surface area contributed by atoms with Gasteiger partial charge in [-0.1, -0.05) is 0 Å². The van der Waals surface area contributed by atoms with Gasteiger partial charge in [-0.3, -0.25) is 14.3 Å². The van der Waals surface area contributed by atoms with Gasteiger partial charge in [-0.2, -0.15) is 5.10 Å². The minimum absolute atomic E-state index is 0.0762. The van der Waals surface area contributed by atoms with Crippen molar-refractivity contribution in [3.63, 3.8) is 0 Å². The Balaban J connectivity index is 0.000000503. The molecule has 3 aromatic rings. The molecule has 158 valence electrons. The van der Waals surface area contributed by atoms with Crippen LogP contribution >= 0.6 is 0 Å². The van der Waals surface area contributed by atoms with Gasteiger partial charge in [0.15, 0.2) is 0 Å². The molecule has 0 unspecified atom stereocenters. The number of imidazole rings is 1. The third-order valence-corrected chi connectivity index (χ3v) is 5.50. The molecule has 2 bridgehead atoms. The van der Waals surface area contributed by atoms with Gasteiger partial charge in [0.25, 0.3) is 11.5 Å². The molecule has 1 fully saturated rings. The minimum atomic E-state index is -0.833. The van der Waals surface area contributed by atoms with Crippen LogP contribution in [0, 0.1) is 5.92 Å². The second kappa shape index (κ2) is 8.62. The van der Waals surface area contributed by atoms with E-state index in [-0.39, 0.29) is 5.56 Å². The number of carboxylic acid groups (broad SMARTS) is 1. The van der Waals surface area contributed by atoms with Gasteiger partial charge in [0.05, 0.1) is 12.1 Å². The molecule has 0 amide bonds. The van der Waals surface area contributed by atoms with E-state index in [4.69, 9.17) is 9.90 Å². The number of hydrogen-bond donors (Lipinski definition) is 2. The third-order valence-electron chi connectivity index (χ3n) is 5.50. The monoisotopic (exact) mass is 411 g/mol. The molecule has 2 aliphatic rings. The summed E-state index contributed by atoms with van der Waals surface area (Å²) in [7, 11) is 0. The van der Waals surface area contributed by atoms with Gasteiger partial charge in [0.2, 0.25) is 0 Å². The summed E-state index contributed by atoms with van der Waals surface area (Å²) in [6.45, 7) is 5.21. The predicted molar refractivity (Wildman–Crippen MR) is 109 cm³/mol. The van der Waals surface area contributed by atoms with Crippen LogP contribution < -0.4 is 10.9 Å². The number of piperidine rings is 1. The first-order valence-corrected chi connectivity index (χ1v) is 10.0. The Labute approximate surface area is 173 Å². The van der Waals surface area contributed by atoms with Crippen LogP contribution in [0.25, 0.3) is 11.4 Å². The fourth-order valence-electron chi connectivity index (χ4n) is 4.25. The molecule has 10 heteroatoms. The number of nitrogens with one attached hydrogen (secondary N) is 1. The van der Waals surface area contributed by atoms with Crippen molar-refractivity contribution < 1.29 is 9.90 Å². The lowest BCUT2D eigenvalue weighted by atomic mass is 9.84. The largest absolute Gasteiger partial charge is 0.481 e. The van der Waals surface area contributed by atoms with Crippen LogP contribution in [-0.4, -0.2) is 53.0 Å². The number of fused-ring (bicyclic) bond motifs is 4. The quantitative estimate of drug-likeness (QED) is 0.652. The number of pyridine rings is 1. The van der Waals surface area contributed by atoms with Crippen LogP contribution in [0.3, 0.4) is 0 Å². The molecule has 1 saturated heterocycles. The summed E-state index contributed by atoms with van der Waals surface area (Å²) in [6, 6.07) is 4.05. The van der Waals surface area contributed by atoms with Crippen LogP contribution in [0.2, 0.25) is 0 Å². The summed E-state index contributed by atoms with van der Waals surface area (Å²) in [5.41, 5.74) is 1.90. The maximum atomic E-state index is 13.2. The van der Waals surface area contributed by atoms with Crippen molar-refractivity contribution in [3.05, 3.63) is 53.2 Å². The van der Waals surface area contributed by atoms with Crippen LogP contribution in [0.5, 0.6) is 0 Å². The summed E-state index contributed by atoms with van der Waals surface area (Å²) in [5.74, 6) is 0.872. The number of nitrogens with zero attached hydrogens (tertiary/aromatic N) is 6. The highest BCUT2D eigenvalue weighted by Gasteiger charge is 2.31. The van der Waals surface area contributed by atoms with Gasteiger partial charge < -0.3 is 19.6 Å². The SMILES string of the molecule is CC(=O)O.O=c1c(-c2nccn2CCn2cncn2)ccc2n1C[C@@H]1CNC[C@H]2C1. The van der Waals surface area contributed by atoms with Crippen molar-refractivity contribution in [2.75, 3.05) is 13.1 Å². The Morgan fingerprint density at radius 3 is 2.90 bits per heavy atom. The molecule has 5 heterocycles. The minimum Gasteiger partial charge on any atom is -0.481 e. The lowest BCUT2D eigenvalue weighted by molar-refractivity contribution is -0.134. The normalized spacial score (nSPS) is 19.5. The Morgan fingerprint density at radius 2 is 2.13 bits per heavy atom. The number of aliphatic carboxylic acids is 1. The number of carboxylic acids is 1. The Kier molecular flexibility index (Phi) is 5.75. The molecule has 2 atom stereocenters. The van der Waals surface area contributed by atoms with E-state index in [9.17, 15) is 4.79 Å². The van der Waals surface area contributed by atoms with E-state index in [0.717, 1.165) is 38.1 Å². The number of hydrogen-bond acceptors (Lipinski definition) is 6. The molecular weight excluding hydrogens is 386 g/mol. The standard InChI is InChI=1S/C18H21N7O.C2H4O2/c26-18-15(1-2-16-14-7-13(8-19-9-14)10-25(16)18)17-21-3-4-23(17)5-6-24-12-20-11-22-24;1-2(3)4/h1-4,11-14,19H,5-10H2;1H3,(H,3,4)/t13-,14+;/m0./s1. The van der Waals surface area contributed by atoms with Gasteiger partial charge >= 0.3 is 0 Å². The second-order valence-electron chi connectivity index (χ2n) is 7.67. The summed E-state index contributed by atoms with van der Waals surface area (Å²) < 4.78 is 5.76. The number of aryl methyl sites for hydroxylation is 2. The van der Waals surface area contributed by atoms with Crippen molar-refractivity contribution in [3.8, 4) is 11.4 Å². The zero-order valence-corrected chi connectivity index (χ0v) is 16.8. The van der Waals surface area contributed by atoms with Crippen LogP contribution in [-0.2, 0) is 24.4 Å². The fraction of sp³-hybridized carbons (Fsp3) is 0.450. The maximum absolute atomic E-state index is 13.2. The molecule has 2 aliphatic heterocycles. The summed E-state index contributed by atoms with van der Waals surface area (Å²) in [4.78, 5) is 30.6. The highest BCUT2D eigenvalue weighted by molar-refractivity contribution is 5.63. The smallest absolute Gasteiger partial charge is 0.300 e. The van der Waals surface area contributed by atoms with Crippen LogP contribution in [0.4, 0.5) is 0 Å². The lowest BCUT2D eigenvalue weighted by Crippen LogP contribution is -2.45. The molecule has 3 aromatic heterocycles. The Hall–Kier alpha value is -3.27. The van der Waals surface area contributed by atoms with Gasteiger partial charge in [-0.25, -0.2) is 9.97 Å². The van der Waals surface area contributed by atoms with Gasteiger partial charge in [0, 0.05) is 50.6 Å². The topological polar surface area (TPSA) is 120 Å². The van der Waals surface area contributed by atoms with Gasteiger partial charge in [-0.15, -0.1) is 0 Å². The first-order chi connectivity index (χ1) is 14.5. The number of aromatic nitrogens is 6. The zero-order valence-electron chi connectivity index (χ0n) is 16.8. The number of carbonyl (C=O) groups is 1. The van der Waals surface area contributed by atoms with E-state index < -0.39 is 5.97 Å². The Bertz CT molecular complexity index is 1070. The van der Waals surface area contributed by atoms with E-state index in [1.165, 1.54) is 12.7 Å². The van der Waals surface area contributed by atoms with Crippen molar-refractivity contribution in [1.29, 1.82) is 0 Å². The van der Waals surface area contributed by atoms with Crippen LogP contribution in [0.15, 0.2) is 42.0 Å². The highest BCUT2D eigenvalue weighted by atomic mass is 16.4. The molecule has 10 nitrogen and oxygen atoms in total. The van der Waals surface area contributed by atoms with Crippen molar-refractivity contribution in [2.24, 2.45) is 5.92 Å². The summed E-state index contributed by atoms with van der Waals surface area (Å²) >= 11 is 0. The molecule has 5 rings (SSSR count). The second-order valence-corrected chi connectivity index (χ2v) is 7.67. The fourth-order valence-corrected chi connectivity index (χ4v) is 4.25. The van der Waals surface area contributed by atoms with E-state index in [1.54, 1.807) is 17.2 Å². The van der Waals surface area contributed by atoms with E-state index in [1.807, 2.05) is 21.4 Å². The van der Waals surface area contributed by atoms with E-state index in [0.29, 0.717) is 30.5 Å². The molecule has 0 aliphatic carbocycles. The van der Waals surface area contributed by atoms with E-state index >= 15 is 0 Å². The van der Waals surface area contributed by atoms with Crippen molar-refractivity contribution in [2.45, 2.75) is 38.9 Å². The molecule has 0 aromatic carbocycles. The zero-order chi connectivity index (χ0) is 21.1. The van der Waals surface area contributed by atoms with Gasteiger partial charge in [0.1, 0.15) is 18.5 Å². The summed E-state index contributed by atoms with van der Waals surface area (Å²) in [5, 5.41) is 15.0. The van der Waals surface area contributed by atoms with Crippen molar-refractivity contribution >= 4 is 5.97 Å². The summed E-state index contributed by atoms with van der Waals surface area (Å²) in [6.07, 6.45) is 8.05. The maximum Gasteiger partial charge on any atom is 0.300 e. The molecule has 0 saturated carbocycles. The van der Waals surface area contributed by atoms with Crippen LogP contribution in [0.1, 0.15) is 25.0 Å². The highest BCUT2D eigenvalue weighted by Crippen LogP contribution is 2.32. The third kappa shape index (κ3) is 4.18. The molecular formula is C20H25N7O3. The Morgan fingerprint density at radius 1 is 1.30 bits per heavy atom. The number of rotatable bonds is 4. The molecule has 0 spiro atoms. The first kappa shape index (κ1) is 20.0. The first-order valence-electron chi connectivity index (χ1n) is 10.0. The average molecular weight is 411 g/mol. The van der Waals surface area contributed by atoms with Crippen molar-refractivity contribution in [1.82, 2.24) is 34.2 Å². The molecule has 0 radical (unpaired) electrons. The predicted octanol–water partition coefficient (Wildman–Crippen LogP) is 0.801. The molecule has 2 N–H and O–H groups in total. The van der Waals surface area contributed by atoms with E-state index in [2.05, 4.69) is 26.4 Å². The van der Waals surface area contributed by atoms with Gasteiger partial charge in [-0.05, 0) is 31.0 Å². The lowest BCUT2D eigenvalue weighted by Gasteiger charge is -2.37. The average Bonchev–Trinajstić information content (AvgIpc) is 3.39.